The molecule has 0 saturated carbocycles. The average molecular weight is 367 g/mol. The average Bonchev–Trinajstić information content (AvgIpc) is 3.03. The molecule has 0 unspecified atom stereocenters. The highest BCUT2D eigenvalue weighted by atomic mass is 35.5. The molecule has 3 aromatic rings. The van der Waals surface area contributed by atoms with Crippen LogP contribution in [0.15, 0.2) is 57.8 Å². The van der Waals surface area contributed by atoms with Crippen LogP contribution in [-0.4, -0.2) is 24.4 Å². The minimum atomic E-state index is -3.47. The minimum Gasteiger partial charge on any atom is -0.421 e. The summed E-state index contributed by atoms with van der Waals surface area (Å²) in [5.74, 6) is -0.118. The second kappa shape index (κ2) is 6.70. The summed E-state index contributed by atoms with van der Waals surface area (Å²) >= 11 is 5.75. The van der Waals surface area contributed by atoms with Gasteiger partial charge in [0.1, 0.15) is 5.82 Å². The molecule has 0 aliphatic rings. The Morgan fingerprint density at radius 2 is 1.67 bits per heavy atom. The van der Waals surface area contributed by atoms with E-state index in [0.717, 1.165) is 0 Å². The highest BCUT2D eigenvalue weighted by Gasteiger charge is 2.17. The van der Waals surface area contributed by atoms with Gasteiger partial charge in [0, 0.05) is 17.0 Å². The van der Waals surface area contributed by atoms with E-state index < -0.39 is 9.84 Å². The van der Waals surface area contributed by atoms with Crippen LogP contribution in [-0.2, 0) is 16.3 Å². The number of nitrogens with zero attached hydrogens (tertiary/aromatic N) is 2. The number of hydrogen-bond donors (Lipinski definition) is 0. The first kappa shape index (κ1) is 16.6. The van der Waals surface area contributed by atoms with E-state index in [-0.39, 0.29) is 34.7 Å². The highest BCUT2D eigenvalue weighted by molar-refractivity contribution is 7.91. The second-order valence-electron chi connectivity index (χ2n) is 5.03. The number of hydrogen-bond acceptors (Lipinski definition) is 5. The molecule has 0 aliphatic carbocycles. The van der Waals surface area contributed by atoms with Crippen LogP contribution >= 0.6 is 11.6 Å². The molecule has 0 atom stereocenters. The number of aryl methyl sites for hydroxylation is 1. The number of halogens is 2. The monoisotopic (exact) mass is 366 g/mol. The number of sulfone groups is 1. The van der Waals surface area contributed by atoms with E-state index in [9.17, 15) is 12.8 Å². The third-order valence-electron chi connectivity index (χ3n) is 3.32. The SMILES string of the molecule is O=S(=O)(CCc1nnc(-c2ccc(F)cc2)o1)c1ccc(Cl)cc1. The topological polar surface area (TPSA) is 73.1 Å². The van der Waals surface area contributed by atoms with Crippen molar-refractivity contribution in [3.8, 4) is 11.5 Å². The molecule has 24 heavy (non-hydrogen) atoms. The molecule has 0 saturated heterocycles. The van der Waals surface area contributed by atoms with E-state index in [1.807, 2.05) is 0 Å². The van der Waals surface area contributed by atoms with Gasteiger partial charge >= 0.3 is 0 Å². The lowest BCUT2D eigenvalue weighted by Crippen LogP contribution is -2.09. The molecule has 2 aromatic carbocycles. The van der Waals surface area contributed by atoms with Crippen molar-refractivity contribution in [1.29, 1.82) is 0 Å². The molecular formula is C16H12ClFN2O3S. The Hall–Kier alpha value is -2.25. The predicted octanol–water partition coefficient (Wildman–Crippen LogP) is 3.55. The summed E-state index contributed by atoms with van der Waals surface area (Å²) in [6, 6.07) is 11.5. The molecule has 1 heterocycles. The molecule has 0 N–H and O–H groups in total. The smallest absolute Gasteiger partial charge is 0.247 e. The van der Waals surface area contributed by atoms with E-state index in [1.165, 1.54) is 48.5 Å². The fourth-order valence-electron chi connectivity index (χ4n) is 2.05. The van der Waals surface area contributed by atoms with Gasteiger partial charge in [-0.05, 0) is 48.5 Å². The van der Waals surface area contributed by atoms with E-state index in [2.05, 4.69) is 10.2 Å². The van der Waals surface area contributed by atoms with Gasteiger partial charge in [0.15, 0.2) is 9.84 Å². The lowest BCUT2D eigenvalue weighted by molar-refractivity contribution is 0.510. The van der Waals surface area contributed by atoms with E-state index in [4.69, 9.17) is 16.0 Å². The van der Waals surface area contributed by atoms with E-state index in [1.54, 1.807) is 0 Å². The van der Waals surface area contributed by atoms with Gasteiger partial charge in [0.05, 0.1) is 10.6 Å². The summed E-state index contributed by atoms with van der Waals surface area (Å²) in [6.07, 6.45) is 0.0825. The van der Waals surface area contributed by atoms with Crippen LogP contribution in [0.1, 0.15) is 5.89 Å². The van der Waals surface area contributed by atoms with Gasteiger partial charge in [0.2, 0.25) is 11.8 Å². The summed E-state index contributed by atoms with van der Waals surface area (Å²) in [7, 11) is -3.47. The Kier molecular flexibility index (Phi) is 4.64. The van der Waals surface area contributed by atoms with Crippen molar-refractivity contribution >= 4 is 21.4 Å². The van der Waals surface area contributed by atoms with Crippen LogP contribution in [0.25, 0.3) is 11.5 Å². The van der Waals surface area contributed by atoms with Crippen molar-refractivity contribution in [1.82, 2.24) is 10.2 Å². The Bertz CT molecular complexity index is 938. The van der Waals surface area contributed by atoms with Crippen molar-refractivity contribution in [2.24, 2.45) is 0 Å². The van der Waals surface area contributed by atoms with Gasteiger partial charge in [-0.2, -0.15) is 0 Å². The summed E-state index contributed by atoms with van der Waals surface area (Å²) in [6.45, 7) is 0. The molecule has 0 fully saturated rings. The molecule has 0 aliphatic heterocycles. The normalized spacial score (nSPS) is 11.6. The highest BCUT2D eigenvalue weighted by Crippen LogP contribution is 2.20. The van der Waals surface area contributed by atoms with Crippen molar-refractivity contribution in [2.45, 2.75) is 11.3 Å². The first-order valence-corrected chi connectivity index (χ1v) is 9.04. The Morgan fingerprint density at radius 3 is 2.33 bits per heavy atom. The third-order valence-corrected chi connectivity index (χ3v) is 5.30. The summed E-state index contributed by atoms with van der Waals surface area (Å²) in [5, 5.41) is 8.15. The van der Waals surface area contributed by atoms with Crippen LogP contribution in [0.2, 0.25) is 5.02 Å². The molecule has 0 amide bonds. The summed E-state index contributed by atoms with van der Waals surface area (Å²) < 4.78 is 42.8. The van der Waals surface area contributed by atoms with Gasteiger partial charge in [-0.3, -0.25) is 0 Å². The number of aromatic nitrogens is 2. The zero-order valence-electron chi connectivity index (χ0n) is 12.3. The Balaban J connectivity index is 1.71. The fraction of sp³-hybridized carbons (Fsp3) is 0.125. The Morgan fingerprint density at radius 1 is 1.00 bits per heavy atom. The maximum Gasteiger partial charge on any atom is 0.247 e. The van der Waals surface area contributed by atoms with Crippen LogP contribution in [0.3, 0.4) is 0 Å². The van der Waals surface area contributed by atoms with Gasteiger partial charge in [-0.15, -0.1) is 10.2 Å². The van der Waals surface area contributed by atoms with Gasteiger partial charge in [-0.1, -0.05) is 11.6 Å². The fourth-order valence-corrected chi connectivity index (χ4v) is 3.40. The van der Waals surface area contributed by atoms with Crippen molar-refractivity contribution in [3.05, 3.63) is 65.3 Å². The van der Waals surface area contributed by atoms with Crippen molar-refractivity contribution in [3.63, 3.8) is 0 Å². The van der Waals surface area contributed by atoms with Gasteiger partial charge in [0.25, 0.3) is 0 Å². The van der Waals surface area contributed by atoms with Crippen molar-refractivity contribution in [2.75, 3.05) is 5.75 Å². The lowest BCUT2D eigenvalue weighted by Gasteiger charge is -2.02. The van der Waals surface area contributed by atoms with Crippen molar-refractivity contribution < 1.29 is 17.2 Å². The number of benzene rings is 2. The predicted molar refractivity (Wildman–Crippen MR) is 86.9 cm³/mol. The van der Waals surface area contributed by atoms with Crippen LogP contribution in [0.4, 0.5) is 4.39 Å². The molecular weight excluding hydrogens is 355 g/mol. The molecule has 124 valence electrons. The quantitative estimate of drug-likeness (QED) is 0.690. The number of rotatable bonds is 5. The summed E-state index contributed by atoms with van der Waals surface area (Å²) in [4.78, 5) is 0.185. The zero-order chi connectivity index (χ0) is 17.2. The molecule has 5 nitrogen and oxygen atoms in total. The largest absolute Gasteiger partial charge is 0.421 e. The minimum absolute atomic E-state index is 0.0825. The second-order valence-corrected chi connectivity index (χ2v) is 7.58. The third kappa shape index (κ3) is 3.80. The molecule has 0 bridgehead atoms. The molecule has 0 radical (unpaired) electrons. The first-order valence-electron chi connectivity index (χ1n) is 7.01. The lowest BCUT2D eigenvalue weighted by atomic mass is 10.2. The molecule has 1 aromatic heterocycles. The van der Waals surface area contributed by atoms with Crippen LogP contribution in [0.5, 0.6) is 0 Å². The van der Waals surface area contributed by atoms with E-state index >= 15 is 0 Å². The maximum atomic E-state index is 12.9. The molecule has 0 spiro atoms. The Labute approximate surface area is 143 Å². The standard InChI is InChI=1S/C16H12ClFN2O3S/c17-12-3-7-14(8-4-12)24(21,22)10-9-15-19-20-16(23-15)11-1-5-13(18)6-2-11/h1-8H,9-10H2. The van der Waals surface area contributed by atoms with Crippen LogP contribution < -0.4 is 0 Å². The maximum absolute atomic E-state index is 12.9. The van der Waals surface area contributed by atoms with Gasteiger partial charge < -0.3 is 4.42 Å². The zero-order valence-corrected chi connectivity index (χ0v) is 13.9. The van der Waals surface area contributed by atoms with Gasteiger partial charge in [-0.25, -0.2) is 12.8 Å². The van der Waals surface area contributed by atoms with Crippen LogP contribution in [0, 0.1) is 5.82 Å². The summed E-state index contributed by atoms with van der Waals surface area (Å²) in [5.41, 5.74) is 0.565. The molecule has 3 rings (SSSR count). The van der Waals surface area contributed by atoms with E-state index in [0.29, 0.717) is 10.6 Å². The first-order chi connectivity index (χ1) is 11.4. The molecule has 8 heteroatoms.